The number of halogens is 1. The van der Waals surface area contributed by atoms with Gasteiger partial charge in [0.25, 0.3) is 5.56 Å². The molecule has 1 atom stereocenters. The van der Waals surface area contributed by atoms with Crippen molar-refractivity contribution in [3.63, 3.8) is 0 Å². The zero-order valence-electron chi connectivity index (χ0n) is 15.5. The Morgan fingerprint density at radius 2 is 1.96 bits per heavy atom. The van der Waals surface area contributed by atoms with Gasteiger partial charge in [-0.1, -0.05) is 6.92 Å². The summed E-state index contributed by atoms with van der Waals surface area (Å²) in [4.78, 5) is 29.6. The Labute approximate surface area is 166 Å². The van der Waals surface area contributed by atoms with Crippen LogP contribution < -0.4 is 10.9 Å². The first kappa shape index (κ1) is 20.2. The lowest BCUT2D eigenvalue weighted by Gasteiger charge is -2.17. The SMILES string of the molecule is CC[C@@H](C)n1c(=O)c(NCc2ccc(S(C)(=O)=O)cn2)nc2cnc(Cl)nc21. The predicted molar refractivity (Wildman–Crippen MR) is 106 cm³/mol. The molecule has 28 heavy (non-hydrogen) atoms. The number of nitrogens with one attached hydrogen (secondary N) is 1. The molecule has 0 amide bonds. The van der Waals surface area contributed by atoms with Crippen LogP contribution >= 0.6 is 11.6 Å². The zero-order valence-corrected chi connectivity index (χ0v) is 17.1. The Balaban J connectivity index is 1.96. The molecule has 148 valence electrons. The molecule has 3 aromatic heterocycles. The van der Waals surface area contributed by atoms with Crippen LogP contribution in [0, 0.1) is 0 Å². The molecule has 0 unspecified atom stereocenters. The minimum Gasteiger partial charge on any atom is -0.360 e. The van der Waals surface area contributed by atoms with E-state index in [0.717, 1.165) is 6.26 Å². The van der Waals surface area contributed by atoms with E-state index in [1.54, 1.807) is 10.6 Å². The summed E-state index contributed by atoms with van der Waals surface area (Å²) in [5.41, 5.74) is 1.05. The van der Waals surface area contributed by atoms with Crippen LogP contribution in [-0.2, 0) is 16.4 Å². The quantitative estimate of drug-likeness (QED) is 0.600. The first-order valence-electron chi connectivity index (χ1n) is 8.54. The molecule has 0 saturated heterocycles. The van der Waals surface area contributed by atoms with Crippen molar-refractivity contribution in [2.75, 3.05) is 11.6 Å². The normalized spacial score (nSPS) is 12.9. The first-order valence-corrected chi connectivity index (χ1v) is 10.8. The number of hydrogen-bond acceptors (Lipinski definition) is 8. The van der Waals surface area contributed by atoms with E-state index in [0.29, 0.717) is 23.3 Å². The summed E-state index contributed by atoms with van der Waals surface area (Å²) in [7, 11) is -3.31. The van der Waals surface area contributed by atoms with E-state index < -0.39 is 9.84 Å². The summed E-state index contributed by atoms with van der Waals surface area (Å²) in [6.45, 7) is 4.07. The van der Waals surface area contributed by atoms with Gasteiger partial charge < -0.3 is 5.32 Å². The minimum atomic E-state index is -3.31. The van der Waals surface area contributed by atoms with Crippen molar-refractivity contribution in [1.29, 1.82) is 0 Å². The van der Waals surface area contributed by atoms with Gasteiger partial charge in [-0.2, -0.15) is 4.98 Å². The van der Waals surface area contributed by atoms with Crippen molar-refractivity contribution in [2.24, 2.45) is 0 Å². The van der Waals surface area contributed by atoms with Crippen LogP contribution in [-0.4, -0.2) is 39.2 Å². The number of anilines is 1. The third kappa shape index (κ3) is 4.12. The van der Waals surface area contributed by atoms with Crippen LogP contribution in [0.4, 0.5) is 5.82 Å². The van der Waals surface area contributed by atoms with Gasteiger partial charge >= 0.3 is 0 Å². The maximum absolute atomic E-state index is 12.9. The topological polar surface area (TPSA) is 120 Å². The minimum absolute atomic E-state index is 0.0432. The third-order valence-corrected chi connectivity index (χ3v) is 5.58. The highest BCUT2D eigenvalue weighted by Crippen LogP contribution is 2.18. The largest absolute Gasteiger partial charge is 0.360 e. The van der Waals surface area contributed by atoms with Crippen molar-refractivity contribution < 1.29 is 8.42 Å². The number of fused-ring (bicyclic) bond motifs is 1. The van der Waals surface area contributed by atoms with E-state index in [9.17, 15) is 13.2 Å². The molecule has 11 heteroatoms. The maximum Gasteiger partial charge on any atom is 0.295 e. The van der Waals surface area contributed by atoms with Gasteiger partial charge in [0, 0.05) is 18.5 Å². The molecule has 1 N–H and O–H groups in total. The van der Waals surface area contributed by atoms with Crippen molar-refractivity contribution >= 4 is 38.4 Å². The summed E-state index contributed by atoms with van der Waals surface area (Å²) in [6.07, 6.45) is 4.59. The fourth-order valence-electron chi connectivity index (χ4n) is 2.60. The Bertz CT molecular complexity index is 1180. The zero-order chi connectivity index (χ0) is 20.5. The summed E-state index contributed by atoms with van der Waals surface area (Å²) in [5.74, 6) is 0.132. The number of nitrogens with zero attached hydrogens (tertiary/aromatic N) is 5. The second kappa shape index (κ2) is 7.80. The van der Waals surface area contributed by atoms with E-state index >= 15 is 0 Å². The highest BCUT2D eigenvalue weighted by molar-refractivity contribution is 7.90. The van der Waals surface area contributed by atoms with Crippen molar-refractivity contribution in [1.82, 2.24) is 24.5 Å². The van der Waals surface area contributed by atoms with Crippen LogP contribution in [0.1, 0.15) is 32.0 Å². The second-order valence-corrected chi connectivity index (χ2v) is 8.71. The van der Waals surface area contributed by atoms with Crippen LogP contribution in [0.25, 0.3) is 11.2 Å². The van der Waals surface area contributed by atoms with E-state index in [4.69, 9.17) is 11.6 Å². The Morgan fingerprint density at radius 3 is 2.57 bits per heavy atom. The molecule has 3 heterocycles. The highest BCUT2D eigenvalue weighted by Gasteiger charge is 2.17. The Morgan fingerprint density at radius 1 is 1.21 bits per heavy atom. The predicted octanol–water partition coefficient (Wildman–Crippen LogP) is 2.22. The fraction of sp³-hybridized carbons (Fsp3) is 0.353. The van der Waals surface area contributed by atoms with Gasteiger partial charge in [0.15, 0.2) is 21.3 Å². The molecule has 0 spiro atoms. The van der Waals surface area contributed by atoms with E-state index in [-0.39, 0.29) is 34.1 Å². The molecule has 0 aliphatic rings. The van der Waals surface area contributed by atoms with Crippen LogP contribution in [0.15, 0.2) is 34.2 Å². The van der Waals surface area contributed by atoms with E-state index in [1.165, 1.54) is 18.5 Å². The number of sulfone groups is 1. The lowest BCUT2D eigenvalue weighted by Crippen LogP contribution is -2.28. The average Bonchev–Trinajstić information content (AvgIpc) is 2.65. The average molecular weight is 423 g/mol. The van der Waals surface area contributed by atoms with Gasteiger partial charge in [-0.25, -0.2) is 18.4 Å². The molecule has 0 aliphatic carbocycles. The lowest BCUT2D eigenvalue weighted by atomic mass is 10.2. The Hall–Kier alpha value is -2.59. The summed E-state index contributed by atoms with van der Waals surface area (Å²) < 4.78 is 24.6. The molecular weight excluding hydrogens is 404 g/mol. The molecule has 0 saturated carbocycles. The van der Waals surface area contributed by atoms with Gasteiger partial charge in [0.2, 0.25) is 5.28 Å². The van der Waals surface area contributed by atoms with Crippen LogP contribution in [0.5, 0.6) is 0 Å². The van der Waals surface area contributed by atoms with Crippen LogP contribution in [0.2, 0.25) is 5.28 Å². The number of pyridine rings is 1. The molecule has 3 rings (SSSR count). The second-order valence-electron chi connectivity index (χ2n) is 6.35. The standard InChI is InChI=1S/C17H19ClN6O3S/c1-4-10(2)24-15-13(9-21-17(18)23-15)22-14(16(24)25)20-7-11-5-6-12(8-19-11)28(3,26)27/h5-6,8-10H,4,7H2,1-3H3,(H,20,22)/t10-/m1/s1. The summed E-state index contributed by atoms with van der Waals surface area (Å²) in [6, 6.07) is 2.94. The number of aromatic nitrogens is 5. The molecule has 9 nitrogen and oxygen atoms in total. The molecule has 0 aliphatic heterocycles. The van der Waals surface area contributed by atoms with Gasteiger partial charge in [0.05, 0.1) is 23.3 Å². The monoisotopic (exact) mass is 422 g/mol. The van der Waals surface area contributed by atoms with Crippen molar-refractivity contribution in [3.8, 4) is 0 Å². The Kier molecular flexibility index (Phi) is 5.61. The maximum atomic E-state index is 12.9. The number of rotatable bonds is 6. The van der Waals surface area contributed by atoms with Gasteiger partial charge in [-0.05, 0) is 37.1 Å². The molecule has 3 aromatic rings. The van der Waals surface area contributed by atoms with E-state index in [2.05, 4.69) is 25.3 Å². The van der Waals surface area contributed by atoms with Crippen LogP contribution in [0.3, 0.4) is 0 Å². The summed E-state index contributed by atoms with van der Waals surface area (Å²) in [5, 5.41) is 3.01. The fourth-order valence-corrected chi connectivity index (χ4v) is 3.28. The molecule has 0 aromatic carbocycles. The van der Waals surface area contributed by atoms with Gasteiger partial charge in [0.1, 0.15) is 5.52 Å². The molecule has 0 radical (unpaired) electrons. The smallest absolute Gasteiger partial charge is 0.295 e. The third-order valence-electron chi connectivity index (χ3n) is 4.30. The summed E-state index contributed by atoms with van der Waals surface area (Å²) >= 11 is 5.88. The van der Waals surface area contributed by atoms with E-state index in [1.807, 2.05) is 13.8 Å². The molecule has 0 fully saturated rings. The highest BCUT2D eigenvalue weighted by atomic mass is 35.5. The van der Waals surface area contributed by atoms with Gasteiger partial charge in [-0.3, -0.25) is 14.3 Å². The van der Waals surface area contributed by atoms with Crippen molar-refractivity contribution in [3.05, 3.63) is 45.9 Å². The molecule has 0 bridgehead atoms. The lowest BCUT2D eigenvalue weighted by molar-refractivity contribution is 0.526. The van der Waals surface area contributed by atoms with Crippen molar-refractivity contribution in [2.45, 2.75) is 37.8 Å². The van der Waals surface area contributed by atoms with Gasteiger partial charge in [-0.15, -0.1) is 0 Å². The number of hydrogen-bond donors (Lipinski definition) is 1. The molecular formula is C17H19ClN6O3S. The first-order chi connectivity index (χ1) is 13.2.